The Bertz CT molecular complexity index is 1700. The average molecular weight is 625 g/mol. The highest BCUT2D eigenvalue weighted by Crippen LogP contribution is 2.36. The number of aliphatic carboxylic acids is 1. The number of likely N-dealkylation sites (tertiary alicyclic amines) is 1. The molecule has 12 heteroatoms. The van der Waals surface area contributed by atoms with E-state index in [9.17, 15) is 20.0 Å². The topological polar surface area (TPSA) is 129 Å². The van der Waals surface area contributed by atoms with Crippen LogP contribution in [0.15, 0.2) is 36.4 Å². The average Bonchev–Trinajstić information content (AvgIpc) is 3.77. The van der Waals surface area contributed by atoms with Crippen LogP contribution < -0.4 is 14.5 Å². The maximum absolute atomic E-state index is 13.2. The first-order valence-electron chi connectivity index (χ1n) is 16.2. The van der Waals surface area contributed by atoms with E-state index < -0.39 is 12.0 Å². The zero-order valence-electron chi connectivity index (χ0n) is 26.4. The van der Waals surface area contributed by atoms with Gasteiger partial charge in [-0.1, -0.05) is 30.3 Å². The summed E-state index contributed by atoms with van der Waals surface area (Å²) in [5.41, 5.74) is 4.43. The minimum atomic E-state index is -1.000. The molecule has 0 bridgehead atoms. The molecule has 3 saturated heterocycles. The highest BCUT2D eigenvalue weighted by atomic mass is 16.5. The number of carboxylic acid groups (broad SMARTS) is 1. The zero-order valence-corrected chi connectivity index (χ0v) is 26.4. The van der Waals surface area contributed by atoms with Gasteiger partial charge >= 0.3 is 18.0 Å². The molecule has 3 fully saturated rings. The summed E-state index contributed by atoms with van der Waals surface area (Å²) in [5.74, 6) is -0.195. The van der Waals surface area contributed by atoms with Crippen molar-refractivity contribution in [2.45, 2.75) is 57.3 Å². The van der Waals surface area contributed by atoms with Crippen LogP contribution in [0.2, 0.25) is 0 Å². The van der Waals surface area contributed by atoms with Gasteiger partial charge in [0.2, 0.25) is 0 Å². The number of hydrogen-bond donors (Lipinski definition) is 1. The van der Waals surface area contributed by atoms with E-state index >= 15 is 0 Å². The number of carboxylic acids is 1. The number of piperazine rings is 1. The van der Waals surface area contributed by atoms with Crippen LogP contribution in [0, 0.1) is 18.3 Å². The van der Waals surface area contributed by atoms with E-state index in [0.29, 0.717) is 44.8 Å². The summed E-state index contributed by atoms with van der Waals surface area (Å²) >= 11 is 0. The highest BCUT2D eigenvalue weighted by molar-refractivity contribution is 5.97. The monoisotopic (exact) mass is 624 g/mol. The molecule has 3 aromatic rings. The van der Waals surface area contributed by atoms with Crippen molar-refractivity contribution < 1.29 is 19.4 Å². The fourth-order valence-corrected chi connectivity index (χ4v) is 7.36. The minimum Gasteiger partial charge on any atom is -0.480 e. The Balaban J connectivity index is 1.19. The summed E-state index contributed by atoms with van der Waals surface area (Å²) in [6, 6.07) is 14.3. The molecule has 5 heterocycles. The first-order valence-corrected chi connectivity index (χ1v) is 16.2. The quantitative estimate of drug-likeness (QED) is 0.391. The van der Waals surface area contributed by atoms with Gasteiger partial charge in [0, 0.05) is 48.9 Å². The predicted octanol–water partition coefficient (Wildman–Crippen LogP) is 3.27. The van der Waals surface area contributed by atoms with Gasteiger partial charge in [0.25, 0.3) is 0 Å². The Kier molecular flexibility index (Phi) is 8.02. The van der Waals surface area contributed by atoms with E-state index in [1.54, 1.807) is 4.90 Å². The largest absolute Gasteiger partial charge is 0.480 e. The number of carbonyl (C=O) groups excluding carboxylic acids is 1. The van der Waals surface area contributed by atoms with Gasteiger partial charge in [0.15, 0.2) is 0 Å². The van der Waals surface area contributed by atoms with E-state index in [2.05, 4.69) is 71.1 Å². The molecule has 3 unspecified atom stereocenters. The van der Waals surface area contributed by atoms with E-state index in [1.807, 2.05) is 0 Å². The first kappa shape index (κ1) is 30.0. The van der Waals surface area contributed by atoms with Gasteiger partial charge in [0.1, 0.15) is 18.5 Å². The number of aryl methyl sites for hydroxylation is 1. The van der Waals surface area contributed by atoms with Crippen molar-refractivity contribution in [3.8, 4) is 12.1 Å². The molecular formula is C34H40N8O4. The molecule has 4 aliphatic heterocycles. The van der Waals surface area contributed by atoms with E-state index in [4.69, 9.17) is 14.7 Å². The van der Waals surface area contributed by atoms with Crippen LogP contribution in [0.5, 0.6) is 6.01 Å². The van der Waals surface area contributed by atoms with Crippen molar-refractivity contribution in [2.75, 3.05) is 62.7 Å². The fourth-order valence-electron chi connectivity index (χ4n) is 7.36. The Morgan fingerprint density at radius 1 is 1.02 bits per heavy atom. The lowest BCUT2D eigenvalue weighted by molar-refractivity contribution is -0.137. The van der Waals surface area contributed by atoms with Gasteiger partial charge in [-0.3, -0.25) is 0 Å². The Morgan fingerprint density at radius 3 is 2.59 bits per heavy atom. The number of ether oxygens (including phenoxy) is 1. The molecule has 1 aromatic heterocycles. The Labute approximate surface area is 268 Å². The SMILES string of the molecule is Cc1cccc2cccc(N3CCc4c(nc(OCC5CCCN5C)nc4N4CCN(C(=O)N5CC5C(=O)O)C(CC#N)C4)C3)c12. The van der Waals surface area contributed by atoms with Crippen molar-refractivity contribution in [1.29, 1.82) is 5.26 Å². The number of fused-ring (bicyclic) bond motifs is 2. The van der Waals surface area contributed by atoms with Crippen LogP contribution in [-0.2, 0) is 17.8 Å². The van der Waals surface area contributed by atoms with Crippen molar-refractivity contribution in [2.24, 2.45) is 0 Å². The lowest BCUT2D eigenvalue weighted by Crippen LogP contribution is -2.57. The van der Waals surface area contributed by atoms with Crippen LogP contribution in [0.1, 0.15) is 36.1 Å². The van der Waals surface area contributed by atoms with Crippen molar-refractivity contribution in [3.63, 3.8) is 0 Å². The van der Waals surface area contributed by atoms with E-state index in [1.165, 1.54) is 26.9 Å². The molecule has 2 amide bonds. The zero-order chi connectivity index (χ0) is 31.9. The summed E-state index contributed by atoms with van der Waals surface area (Å²) in [6.45, 7) is 6.65. The highest BCUT2D eigenvalue weighted by Gasteiger charge is 2.48. The lowest BCUT2D eigenvalue weighted by atomic mass is 9.99. The number of urea groups is 1. The second-order valence-electron chi connectivity index (χ2n) is 12.9. The minimum absolute atomic E-state index is 0.146. The molecule has 3 atom stereocenters. The van der Waals surface area contributed by atoms with E-state index in [0.717, 1.165) is 49.4 Å². The molecule has 2 aromatic carbocycles. The smallest absolute Gasteiger partial charge is 0.328 e. The number of nitriles is 1. The number of hydrogen-bond acceptors (Lipinski definition) is 9. The van der Waals surface area contributed by atoms with Crippen molar-refractivity contribution >= 4 is 34.3 Å². The first-order chi connectivity index (χ1) is 22.3. The van der Waals surface area contributed by atoms with Gasteiger partial charge in [-0.25, -0.2) is 9.59 Å². The number of anilines is 2. The molecule has 0 saturated carbocycles. The van der Waals surface area contributed by atoms with Crippen LogP contribution >= 0.6 is 0 Å². The lowest BCUT2D eigenvalue weighted by Gasteiger charge is -2.42. The van der Waals surface area contributed by atoms with Crippen LogP contribution in [0.3, 0.4) is 0 Å². The number of amides is 2. The number of nitrogens with zero attached hydrogens (tertiary/aromatic N) is 8. The van der Waals surface area contributed by atoms with Crippen LogP contribution in [0.4, 0.5) is 16.3 Å². The van der Waals surface area contributed by atoms with Gasteiger partial charge < -0.3 is 34.3 Å². The summed E-state index contributed by atoms with van der Waals surface area (Å²) in [4.78, 5) is 44.5. The number of aromatic nitrogens is 2. The van der Waals surface area contributed by atoms with Crippen molar-refractivity contribution in [1.82, 2.24) is 24.7 Å². The number of rotatable bonds is 7. The van der Waals surface area contributed by atoms with E-state index in [-0.39, 0.29) is 25.0 Å². The second kappa shape index (κ2) is 12.3. The summed E-state index contributed by atoms with van der Waals surface area (Å²) in [7, 11) is 2.12. The molecule has 240 valence electrons. The predicted molar refractivity (Wildman–Crippen MR) is 173 cm³/mol. The number of benzene rings is 2. The van der Waals surface area contributed by atoms with Crippen LogP contribution in [0.25, 0.3) is 10.8 Å². The van der Waals surface area contributed by atoms with Gasteiger partial charge in [-0.15, -0.1) is 0 Å². The fraction of sp³-hybridized carbons (Fsp3) is 0.500. The third kappa shape index (κ3) is 5.64. The Hall–Kier alpha value is -4.63. The summed E-state index contributed by atoms with van der Waals surface area (Å²) in [6.07, 6.45) is 3.11. The number of carbonyl (C=O) groups is 2. The summed E-state index contributed by atoms with van der Waals surface area (Å²) in [5, 5.41) is 21.5. The second-order valence-corrected chi connectivity index (χ2v) is 12.9. The Morgan fingerprint density at radius 2 is 1.85 bits per heavy atom. The number of likely N-dealkylation sites (N-methyl/N-ethyl adjacent to an activating group) is 1. The van der Waals surface area contributed by atoms with Crippen molar-refractivity contribution in [3.05, 3.63) is 53.2 Å². The molecule has 4 aliphatic rings. The molecule has 0 radical (unpaired) electrons. The maximum Gasteiger partial charge on any atom is 0.328 e. The molecule has 1 N–H and O–H groups in total. The van der Waals surface area contributed by atoms with Gasteiger partial charge in [0.05, 0.1) is 37.3 Å². The normalized spacial score (nSPS) is 22.9. The molecule has 46 heavy (non-hydrogen) atoms. The van der Waals surface area contributed by atoms with Crippen LogP contribution in [-0.4, -0.2) is 113 Å². The third-order valence-corrected chi connectivity index (χ3v) is 10.0. The standard InChI is InChI=1S/C34H40N8O4/c1-22-6-3-7-23-8-4-10-28(30(22)23)39-15-12-26-27(19-39)36-33(46-21-25-9-5-14-38(25)2)37-31(26)40-16-17-41(24(18-40)11-13-35)34(45)42-20-29(42)32(43)44/h3-4,6-8,10,24-25,29H,5,9,11-12,14-21H2,1-2H3,(H,43,44). The molecule has 12 nitrogen and oxygen atoms in total. The molecule has 7 rings (SSSR count). The molecule has 0 spiro atoms. The van der Waals surface area contributed by atoms with Gasteiger partial charge in [-0.05, 0) is 56.8 Å². The molecular weight excluding hydrogens is 584 g/mol. The summed E-state index contributed by atoms with van der Waals surface area (Å²) < 4.78 is 6.31. The van der Waals surface area contributed by atoms with Gasteiger partial charge in [-0.2, -0.15) is 15.2 Å². The third-order valence-electron chi connectivity index (χ3n) is 10.0. The maximum atomic E-state index is 13.2. The molecule has 0 aliphatic carbocycles.